The van der Waals surface area contributed by atoms with Crippen molar-refractivity contribution in [2.24, 2.45) is 0 Å². The van der Waals surface area contributed by atoms with E-state index in [4.69, 9.17) is 14.3 Å². The summed E-state index contributed by atoms with van der Waals surface area (Å²) in [5, 5.41) is 9.21. The maximum Gasteiger partial charge on any atom is 0.431 e. The third-order valence-corrected chi connectivity index (χ3v) is 1.83. The summed E-state index contributed by atoms with van der Waals surface area (Å²) in [4.78, 5) is 16.1. The number of ether oxygens (including phenoxy) is 2. The van der Waals surface area contributed by atoms with E-state index in [1.54, 1.807) is 39.0 Å². The van der Waals surface area contributed by atoms with Gasteiger partial charge in [-0.15, -0.1) is 0 Å². The summed E-state index contributed by atoms with van der Waals surface area (Å²) in [7, 11) is 0. The molecule has 1 aromatic carbocycles. The van der Waals surface area contributed by atoms with E-state index >= 15 is 0 Å². The zero-order valence-corrected chi connectivity index (χ0v) is 11.3. The van der Waals surface area contributed by atoms with E-state index in [1.165, 1.54) is 6.07 Å². The largest absolute Gasteiger partial charge is 0.508 e. The molecule has 0 saturated heterocycles. The lowest BCUT2D eigenvalue weighted by Crippen LogP contribution is -2.33. The summed E-state index contributed by atoms with van der Waals surface area (Å²) in [5.41, 5.74) is 1.58. The summed E-state index contributed by atoms with van der Waals surface area (Å²) in [6.07, 6.45) is -0.648. The predicted octanol–water partition coefficient (Wildman–Crippen LogP) is 2.23. The van der Waals surface area contributed by atoms with Gasteiger partial charge in [-0.05, 0) is 32.9 Å². The fraction of sp³-hybridized carbons (Fsp3) is 0.462. The second-order valence-corrected chi connectivity index (χ2v) is 4.80. The number of carbonyl (C=O) groups excluding carboxylic acids is 1. The average Bonchev–Trinajstić information content (AvgIpc) is 2.26. The van der Waals surface area contributed by atoms with Gasteiger partial charge < -0.3 is 14.6 Å². The molecule has 19 heavy (non-hydrogen) atoms. The number of carbonyl (C=O) groups is 1. The molecule has 1 amide bonds. The molecule has 1 aromatic rings. The number of hydrogen-bond donors (Lipinski definition) is 2. The molecule has 6 heteroatoms. The molecule has 0 radical (unpaired) electrons. The van der Waals surface area contributed by atoms with E-state index in [-0.39, 0.29) is 19.0 Å². The summed E-state index contributed by atoms with van der Waals surface area (Å²) >= 11 is 0. The first kappa shape index (κ1) is 15.1. The van der Waals surface area contributed by atoms with Gasteiger partial charge in [-0.1, -0.05) is 6.07 Å². The summed E-state index contributed by atoms with van der Waals surface area (Å²) in [6, 6.07) is 6.42. The molecule has 0 saturated carbocycles. The molecule has 0 aliphatic rings. The highest BCUT2D eigenvalue weighted by Gasteiger charge is 2.15. The van der Waals surface area contributed by atoms with Crippen LogP contribution in [0.5, 0.6) is 11.5 Å². The number of amides is 1. The Morgan fingerprint density at radius 3 is 2.68 bits per heavy atom. The highest BCUT2D eigenvalue weighted by atomic mass is 16.7. The Kier molecular flexibility index (Phi) is 5.44. The van der Waals surface area contributed by atoms with Crippen molar-refractivity contribution in [3.8, 4) is 11.5 Å². The van der Waals surface area contributed by atoms with Crippen molar-refractivity contribution >= 4 is 6.09 Å². The first-order valence-electron chi connectivity index (χ1n) is 5.89. The molecule has 0 atom stereocenters. The molecule has 6 nitrogen and oxygen atoms in total. The van der Waals surface area contributed by atoms with E-state index in [1.807, 2.05) is 0 Å². The van der Waals surface area contributed by atoms with Crippen LogP contribution >= 0.6 is 0 Å². The number of nitrogens with one attached hydrogen (secondary N) is 1. The molecule has 2 N–H and O–H groups in total. The van der Waals surface area contributed by atoms with Crippen LogP contribution in [-0.4, -0.2) is 30.0 Å². The van der Waals surface area contributed by atoms with E-state index in [0.29, 0.717) is 5.75 Å². The molecular weight excluding hydrogens is 250 g/mol. The number of aromatic hydroxyl groups is 1. The van der Waals surface area contributed by atoms with Crippen LogP contribution in [0.4, 0.5) is 4.79 Å². The predicted molar refractivity (Wildman–Crippen MR) is 68.9 cm³/mol. The van der Waals surface area contributed by atoms with Gasteiger partial charge in [-0.2, -0.15) is 5.48 Å². The molecule has 0 heterocycles. The minimum atomic E-state index is -0.648. The van der Waals surface area contributed by atoms with Gasteiger partial charge in [0.25, 0.3) is 0 Å². The maximum atomic E-state index is 11.2. The van der Waals surface area contributed by atoms with Crippen molar-refractivity contribution < 1.29 is 24.2 Å². The normalized spacial score (nSPS) is 10.9. The molecule has 0 aliphatic heterocycles. The van der Waals surface area contributed by atoms with E-state index < -0.39 is 11.7 Å². The van der Waals surface area contributed by atoms with E-state index in [9.17, 15) is 9.90 Å². The van der Waals surface area contributed by atoms with Crippen molar-refractivity contribution in [1.82, 2.24) is 5.48 Å². The Bertz CT molecular complexity index is 414. The minimum absolute atomic E-state index is 0.130. The first-order chi connectivity index (χ1) is 8.87. The lowest BCUT2D eigenvalue weighted by atomic mass is 10.2. The van der Waals surface area contributed by atoms with Crippen LogP contribution < -0.4 is 10.2 Å². The Morgan fingerprint density at radius 2 is 2.05 bits per heavy atom. The number of benzene rings is 1. The highest BCUT2D eigenvalue weighted by molar-refractivity contribution is 5.66. The SMILES string of the molecule is CC(C)(C)OC(=O)NOCCOc1cccc(O)c1. The third kappa shape index (κ3) is 7.15. The van der Waals surface area contributed by atoms with Gasteiger partial charge in [0.15, 0.2) is 0 Å². The Labute approximate surface area is 112 Å². The van der Waals surface area contributed by atoms with Gasteiger partial charge in [0.1, 0.15) is 30.3 Å². The Hall–Kier alpha value is -1.95. The van der Waals surface area contributed by atoms with Crippen molar-refractivity contribution in [2.75, 3.05) is 13.2 Å². The summed E-state index contributed by atoms with van der Waals surface area (Å²) in [5.74, 6) is 0.658. The second kappa shape index (κ2) is 6.84. The van der Waals surface area contributed by atoms with Crippen molar-refractivity contribution in [3.05, 3.63) is 24.3 Å². The quantitative estimate of drug-likeness (QED) is 0.633. The molecule has 0 spiro atoms. The highest BCUT2D eigenvalue weighted by Crippen LogP contribution is 2.17. The van der Waals surface area contributed by atoms with Crippen LogP contribution in [0.25, 0.3) is 0 Å². The molecule has 0 unspecified atom stereocenters. The smallest absolute Gasteiger partial charge is 0.431 e. The second-order valence-electron chi connectivity index (χ2n) is 4.80. The molecule has 0 aliphatic carbocycles. The zero-order chi connectivity index (χ0) is 14.3. The fourth-order valence-corrected chi connectivity index (χ4v) is 1.18. The van der Waals surface area contributed by atoms with Gasteiger partial charge in [0.2, 0.25) is 0 Å². The van der Waals surface area contributed by atoms with Crippen molar-refractivity contribution in [1.29, 1.82) is 0 Å². The zero-order valence-electron chi connectivity index (χ0n) is 11.3. The Balaban J connectivity index is 2.13. The number of rotatable bonds is 5. The van der Waals surface area contributed by atoms with E-state index in [2.05, 4.69) is 5.48 Å². The van der Waals surface area contributed by atoms with Crippen molar-refractivity contribution in [2.45, 2.75) is 26.4 Å². The topological polar surface area (TPSA) is 77.0 Å². The average molecular weight is 269 g/mol. The van der Waals surface area contributed by atoms with Crippen LogP contribution in [0.3, 0.4) is 0 Å². The minimum Gasteiger partial charge on any atom is -0.508 e. The molecule has 0 aromatic heterocycles. The molecular formula is C13H19NO5. The lowest BCUT2D eigenvalue weighted by Gasteiger charge is -2.19. The van der Waals surface area contributed by atoms with Crippen LogP contribution in [0.1, 0.15) is 20.8 Å². The Morgan fingerprint density at radius 1 is 1.32 bits per heavy atom. The summed E-state index contributed by atoms with van der Waals surface area (Å²) < 4.78 is 10.3. The molecule has 106 valence electrons. The molecule has 0 fully saturated rings. The standard InChI is InChI=1S/C13H19NO5/c1-13(2,3)19-12(16)14-18-8-7-17-11-6-4-5-10(15)9-11/h4-6,9,15H,7-8H2,1-3H3,(H,14,16). The van der Waals surface area contributed by atoms with Gasteiger partial charge >= 0.3 is 6.09 Å². The van der Waals surface area contributed by atoms with Gasteiger partial charge in [-0.25, -0.2) is 4.79 Å². The van der Waals surface area contributed by atoms with Gasteiger partial charge in [0, 0.05) is 6.07 Å². The van der Waals surface area contributed by atoms with Crippen LogP contribution in [-0.2, 0) is 9.57 Å². The number of phenols is 1. The first-order valence-corrected chi connectivity index (χ1v) is 5.89. The van der Waals surface area contributed by atoms with Crippen molar-refractivity contribution in [3.63, 3.8) is 0 Å². The molecule has 0 bridgehead atoms. The monoisotopic (exact) mass is 269 g/mol. The van der Waals surface area contributed by atoms with Gasteiger partial charge in [0.05, 0.1) is 0 Å². The van der Waals surface area contributed by atoms with Crippen LogP contribution in [0.15, 0.2) is 24.3 Å². The summed E-state index contributed by atoms with van der Waals surface area (Å²) in [6.45, 7) is 5.68. The third-order valence-electron chi connectivity index (χ3n) is 1.83. The maximum absolute atomic E-state index is 11.2. The lowest BCUT2D eigenvalue weighted by molar-refractivity contribution is -0.0144. The molecule has 1 rings (SSSR count). The number of phenolic OH excluding ortho intramolecular Hbond substituents is 1. The number of hydroxylamine groups is 1. The number of hydrogen-bond acceptors (Lipinski definition) is 5. The van der Waals surface area contributed by atoms with Crippen LogP contribution in [0, 0.1) is 0 Å². The van der Waals surface area contributed by atoms with Gasteiger partial charge in [-0.3, -0.25) is 4.84 Å². The van der Waals surface area contributed by atoms with Crippen LogP contribution in [0.2, 0.25) is 0 Å². The fourth-order valence-electron chi connectivity index (χ4n) is 1.18. The van der Waals surface area contributed by atoms with E-state index in [0.717, 1.165) is 0 Å².